The highest BCUT2D eigenvalue weighted by Gasteiger charge is 2.39. The molecule has 24 heavy (non-hydrogen) atoms. The quantitative estimate of drug-likeness (QED) is 0.879. The number of likely N-dealkylation sites (tertiary alicyclic amines) is 1. The van der Waals surface area contributed by atoms with Crippen molar-refractivity contribution in [3.8, 4) is 5.75 Å². The Morgan fingerprint density at radius 3 is 2.67 bits per heavy atom. The number of hydrogen-bond acceptors (Lipinski definition) is 4. The zero-order valence-electron chi connectivity index (χ0n) is 12.7. The highest BCUT2D eigenvalue weighted by Crippen LogP contribution is 2.25. The lowest BCUT2D eigenvalue weighted by Gasteiger charge is -2.21. The van der Waals surface area contributed by atoms with Gasteiger partial charge in [-0.1, -0.05) is 12.1 Å². The summed E-state index contributed by atoms with van der Waals surface area (Å²) in [6.45, 7) is 0.130. The van der Waals surface area contributed by atoms with E-state index in [1.807, 2.05) is 0 Å². The molecule has 0 radical (unpaired) electrons. The number of rotatable bonds is 5. The second-order valence-corrected chi connectivity index (χ2v) is 5.37. The first-order chi connectivity index (χ1) is 11.2. The molecule has 1 aromatic rings. The molecule has 1 heterocycles. The first-order valence-electron chi connectivity index (χ1n) is 7.09. The van der Waals surface area contributed by atoms with Crippen LogP contribution in [0.1, 0.15) is 12.0 Å². The summed E-state index contributed by atoms with van der Waals surface area (Å²) in [6, 6.07) is 4.03. The SMILES string of the molecule is COC1CC(C(=O)O)N(C(=O)Cc2cccc(OC(F)(F)F)c2)C1. The number of hydrogen-bond donors (Lipinski definition) is 1. The van der Waals surface area contributed by atoms with Crippen LogP contribution in [0.3, 0.4) is 0 Å². The first-order valence-corrected chi connectivity index (χ1v) is 7.09. The zero-order chi connectivity index (χ0) is 17.9. The van der Waals surface area contributed by atoms with Crippen LogP contribution in [0.4, 0.5) is 13.2 Å². The summed E-state index contributed by atoms with van der Waals surface area (Å²) in [7, 11) is 1.43. The summed E-state index contributed by atoms with van der Waals surface area (Å²) in [5.74, 6) is -2.07. The van der Waals surface area contributed by atoms with Crippen molar-refractivity contribution in [3.63, 3.8) is 0 Å². The third-order valence-corrected chi connectivity index (χ3v) is 3.69. The van der Waals surface area contributed by atoms with Gasteiger partial charge in [-0.15, -0.1) is 13.2 Å². The van der Waals surface area contributed by atoms with Crippen LogP contribution >= 0.6 is 0 Å². The highest BCUT2D eigenvalue weighted by atomic mass is 19.4. The van der Waals surface area contributed by atoms with E-state index in [0.29, 0.717) is 5.56 Å². The molecule has 0 saturated carbocycles. The van der Waals surface area contributed by atoms with Crippen molar-refractivity contribution in [1.82, 2.24) is 4.90 Å². The third kappa shape index (κ3) is 4.60. The molecule has 6 nitrogen and oxygen atoms in total. The molecular formula is C15H16F3NO5. The average Bonchev–Trinajstić information content (AvgIpc) is 2.90. The molecule has 1 N–H and O–H groups in total. The molecule has 1 fully saturated rings. The van der Waals surface area contributed by atoms with E-state index in [1.54, 1.807) is 0 Å². The monoisotopic (exact) mass is 347 g/mol. The van der Waals surface area contributed by atoms with Gasteiger partial charge in [0.2, 0.25) is 5.91 Å². The van der Waals surface area contributed by atoms with Crippen molar-refractivity contribution in [1.29, 1.82) is 0 Å². The van der Waals surface area contributed by atoms with Crippen molar-refractivity contribution in [3.05, 3.63) is 29.8 Å². The van der Waals surface area contributed by atoms with Crippen LogP contribution < -0.4 is 4.74 Å². The number of carbonyl (C=O) groups is 2. The molecule has 132 valence electrons. The molecule has 1 aliphatic rings. The van der Waals surface area contributed by atoms with Crippen LogP contribution in [0.15, 0.2) is 24.3 Å². The maximum absolute atomic E-state index is 12.3. The van der Waals surface area contributed by atoms with Crippen molar-refractivity contribution < 1.29 is 37.3 Å². The number of carboxylic acid groups (broad SMARTS) is 1. The van der Waals surface area contributed by atoms with Crippen molar-refractivity contribution in [2.45, 2.75) is 31.3 Å². The van der Waals surface area contributed by atoms with Gasteiger partial charge in [0.1, 0.15) is 11.8 Å². The summed E-state index contributed by atoms with van der Waals surface area (Å²) in [5, 5.41) is 9.19. The van der Waals surface area contributed by atoms with Crippen LogP contribution in [0.5, 0.6) is 5.75 Å². The number of nitrogens with zero attached hydrogens (tertiary/aromatic N) is 1. The average molecular weight is 347 g/mol. The second kappa shape index (κ2) is 7.08. The normalized spacial score (nSPS) is 20.9. The van der Waals surface area contributed by atoms with E-state index >= 15 is 0 Å². The van der Waals surface area contributed by atoms with Crippen LogP contribution in [0.2, 0.25) is 0 Å². The van der Waals surface area contributed by atoms with E-state index in [1.165, 1.54) is 24.1 Å². The van der Waals surface area contributed by atoms with E-state index in [4.69, 9.17) is 4.74 Å². The standard InChI is InChI=1S/C15H16F3NO5/c1-23-11-7-12(14(21)22)19(8-11)13(20)6-9-3-2-4-10(5-9)24-15(16,17)18/h2-5,11-12H,6-8H2,1H3,(H,21,22). The lowest BCUT2D eigenvalue weighted by Crippen LogP contribution is -2.41. The topological polar surface area (TPSA) is 76.1 Å². The Kier molecular flexibility index (Phi) is 5.33. The lowest BCUT2D eigenvalue weighted by atomic mass is 10.1. The van der Waals surface area contributed by atoms with E-state index in [0.717, 1.165) is 12.1 Å². The molecule has 0 spiro atoms. The first kappa shape index (κ1) is 18.1. The molecule has 1 aliphatic heterocycles. The van der Waals surface area contributed by atoms with Gasteiger partial charge in [0.05, 0.1) is 12.5 Å². The minimum atomic E-state index is -4.82. The largest absolute Gasteiger partial charge is 0.573 e. The summed E-state index contributed by atoms with van der Waals surface area (Å²) in [5.41, 5.74) is 0.298. The van der Waals surface area contributed by atoms with Gasteiger partial charge in [0.25, 0.3) is 0 Å². The number of halogens is 3. The Morgan fingerprint density at radius 2 is 2.08 bits per heavy atom. The number of methoxy groups -OCH3 is 1. The van der Waals surface area contributed by atoms with Crippen LogP contribution in [0, 0.1) is 0 Å². The number of aliphatic carboxylic acids is 1. The fourth-order valence-corrected chi connectivity index (χ4v) is 2.61. The molecule has 1 aromatic carbocycles. The maximum Gasteiger partial charge on any atom is 0.573 e. The van der Waals surface area contributed by atoms with Crippen LogP contribution in [0.25, 0.3) is 0 Å². The molecule has 0 aromatic heterocycles. The number of amides is 1. The fraction of sp³-hybridized carbons (Fsp3) is 0.467. The Labute approximate surface area is 135 Å². The van der Waals surface area contributed by atoms with Gasteiger partial charge in [-0.2, -0.15) is 0 Å². The van der Waals surface area contributed by atoms with Gasteiger partial charge in [-0.3, -0.25) is 4.79 Å². The number of alkyl halides is 3. The number of benzene rings is 1. The minimum Gasteiger partial charge on any atom is -0.480 e. The van der Waals surface area contributed by atoms with Gasteiger partial charge in [0, 0.05) is 20.1 Å². The van der Waals surface area contributed by atoms with Crippen LogP contribution in [-0.4, -0.2) is 54.0 Å². The summed E-state index contributed by atoms with van der Waals surface area (Å²) in [4.78, 5) is 24.8. The molecule has 9 heteroatoms. The maximum atomic E-state index is 12.3. The predicted octanol–water partition coefficient (Wildman–Crippen LogP) is 1.83. The van der Waals surface area contributed by atoms with E-state index < -0.39 is 30.0 Å². The molecule has 1 saturated heterocycles. The molecule has 0 aliphatic carbocycles. The molecule has 2 atom stereocenters. The van der Waals surface area contributed by atoms with Crippen molar-refractivity contribution in [2.24, 2.45) is 0 Å². The minimum absolute atomic E-state index is 0.130. The Morgan fingerprint density at radius 1 is 1.38 bits per heavy atom. The molecular weight excluding hydrogens is 331 g/mol. The highest BCUT2D eigenvalue weighted by molar-refractivity contribution is 5.85. The van der Waals surface area contributed by atoms with E-state index in [2.05, 4.69) is 4.74 Å². The van der Waals surface area contributed by atoms with Gasteiger partial charge in [0.15, 0.2) is 0 Å². The van der Waals surface area contributed by atoms with E-state index in [9.17, 15) is 27.9 Å². The molecule has 2 rings (SSSR count). The summed E-state index contributed by atoms with van der Waals surface area (Å²) < 4.78 is 45.6. The molecule has 1 amide bonds. The predicted molar refractivity (Wildman–Crippen MR) is 75.4 cm³/mol. The zero-order valence-corrected chi connectivity index (χ0v) is 12.7. The second-order valence-electron chi connectivity index (χ2n) is 5.37. The fourth-order valence-electron chi connectivity index (χ4n) is 2.61. The van der Waals surface area contributed by atoms with Crippen molar-refractivity contribution in [2.75, 3.05) is 13.7 Å². The van der Waals surface area contributed by atoms with Gasteiger partial charge in [-0.05, 0) is 17.7 Å². The summed E-state index contributed by atoms with van der Waals surface area (Å²) >= 11 is 0. The Balaban J connectivity index is 2.08. The number of carbonyl (C=O) groups excluding carboxylic acids is 1. The van der Waals surface area contributed by atoms with Gasteiger partial charge in [-0.25, -0.2) is 4.79 Å². The van der Waals surface area contributed by atoms with Gasteiger partial charge >= 0.3 is 12.3 Å². The van der Waals surface area contributed by atoms with E-state index in [-0.39, 0.29) is 25.5 Å². The molecule has 0 bridgehead atoms. The summed E-state index contributed by atoms with van der Waals surface area (Å²) in [6.07, 6.45) is -5.25. The number of ether oxygens (including phenoxy) is 2. The van der Waals surface area contributed by atoms with Crippen LogP contribution in [-0.2, 0) is 20.7 Å². The number of carboxylic acids is 1. The van der Waals surface area contributed by atoms with Gasteiger partial charge < -0.3 is 19.5 Å². The third-order valence-electron chi connectivity index (χ3n) is 3.69. The smallest absolute Gasteiger partial charge is 0.480 e. The molecule has 2 unspecified atom stereocenters. The lowest BCUT2D eigenvalue weighted by molar-refractivity contribution is -0.274. The Hall–Kier alpha value is -2.29. The Bertz CT molecular complexity index is 619. The van der Waals surface area contributed by atoms with Crippen molar-refractivity contribution >= 4 is 11.9 Å².